The summed E-state index contributed by atoms with van der Waals surface area (Å²) in [4.78, 5) is 2.54. The maximum atomic E-state index is 2.54. The summed E-state index contributed by atoms with van der Waals surface area (Å²) in [6.07, 6.45) is 3.74. The van der Waals surface area contributed by atoms with Crippen molar-refractivity contribution in [3.05, 3.63) is 91.0 Å². The van der Waals surface area contributed by atoms with E-state index >= 15 is 0 Å². The van der Waals surface area contributed by atoms with Gasteiger partial charge in [-0.2, -0.15) is 0 Å². The summed E-state index contributed by atoms with van der Waals surface area (Å²) >= 11 is 0. The third-order valence-electron chi connectivity index (χ3n) is 5.70. The Morgan fingerprint density at radius 2 is 0.966 bits per heavy atom. The first-order chi connectivity index (χ1) is 13.8. The van der Waals surface area contributed by atoms with Crippen molar-refractivity contribution >= 4 is 23.2 Å². The van der Waals surface area contributed by atoms with Gasteiger partial charge in [-0.25, -0.2) is 0 Å². The fourth-order valence-electron chi connectivity index (χ4n) is 4.11. The molecule has 0 saturated heterocycles. The van der Waals surface area contributed by atoms with Crippen LogP contribution in [0.2, 0.25) is 0 Å². The molecule has 0 amide bonds. The first-order valence-corrected chi connectivity index (χ1v) is 12.6. The van der Waals surface area contributed by atoms with E-state index in [0.717, 1.165) is 13.1 Å². The van der Waals surface area contributed by atoms with Crippen molar-refractivity contribution in [2.24, 2.45) is 0 Å². The Labute approximate surface area is 188 Å². The zero-order valence-corrected chi connectivity index (χ0v) is 20.2. The molecule has 0 saturated carbocycles. The number of benzene rings is 3. The van der Waals surface area contributed by atoms with Crippen molar-refractivity contribution < 1.29 is 17.0 Å². The predicted octanol–water partition coefficient (Wildman–Crippen LogP) is 2.11. The number of halogens is 1. The van der Waals surface area contributed by atoms with E-state index in [2.05, 4.69) is 110 Å². The van der Waals surface area contributed by atoms with Crippen LogP contribution >= 0.6 is 7.26 Å². The summed E-state index contributed by atoms with van der Waals surface area (Å²) < 4.78 is 0. The topological polar surface area (TPSA) is 3.24 Å². The molecule has 0 aliphatic rings. The van der Waals surface area contributed by atoms with Crippen molar-refractivity contribution in [2.45, 2.75) is 26.7 Å². The molecule has 29 heavy (non-hydrogen) atoms. The third-order valence-corrected chi connectivity index (χ3v) is 10.2. The van der Waals surface area contributed by atoms with Gasteiger partial charge in [-0.05, 0) is 68.9 Å². The smallest absolute Gasteiger partial charge is 0.112 e. The molecule has 0 spiro atoms. The molecule has 0 aliphatic carbocycles. The fraction of sp³-hybridized carbons (Fsp3) is 0.308. The Morgan fingerprint density at radius 3 is 1.31 bits per heavy atom. The number of rotatable bonds is 10. The quantitative estimate of drug-likeness (QED) is 0.324. The SMILES string of the molecule is CCN(CC)CCCC[P+](c1ccccc1)(c1ccccc1)c1ccccc1.[Br-]. The largest absolute Gasteiger partial charge is 1.00 e. The van der Waals surface area contributed by atoms with Crippen LogP contribution in [0.5, 0.6) is 0 Å². The molecule has 3 aromatic rings. The summed E-state index contributed by atoms with van der Waals surface area (Å²) in [5, 5.41) is 4.49. The Morgan fingerprint density at radius 1 is 0.586 bits per heavy atom. The van der Waals surface area contributed by atoms with E-state index < -0.39 is 7.26 Å². The Balaban J connectivity index is 0.00000300. The fourth-order valence-corrected chi connectivity index (χ4v) is 8.52. The van der Waals surface area contributed by atoms with E-state index in [9.17, 15) is 0 Å². The molecule has 3 rings (SSSR count). The molecule has 3 heteroatoms. The van der Waals surface area contributed by atoms with Crippen LogP contribution in [-0.4, -0.2) is 30.7 Å². The van der Waals surface area contributed by atoms with Gasteiger partial charge in [0.25, 0.3) is 0 Å². The highest BCUT2D eigenvalue weighted by atomic mass is 79.9. The third kappa shape index (κ3) is 5.79. The van der Waals surface area contributed by atoms with Gasteiger partial charge in [0.15, 0.2) is 0 Å². The van der Waals surface area contributed by atoms with Gasteiger partial charge in [0.1, 0.15) is 23.2 Å². The van der Waals surface area contributed by atoms with Crippen LogP contribution in [0, 0.1) is 0 Å². The summed E-state index contributed by atoms with van der Waals surface area (Å²) in [5.41, 5.74) is 0. The van der Waals surface area contributed by atoms with Crippen molar-refractivity contribution in [3.63, 3.8) is 0 Å². The summed E-state index contributed by atoms with van der Waals surface area (Å²) in [7, 11) is -1.65. The minimum Gasteiger partial charge on any atom is -1.00 e. The average molecular weight is 470 g/mol. The summed E-state index contributed by atoms with van der Waals surface area (Å²) in [6.45, 7) is 8.02. The molecule has 0 aromatic heterocycles. The molecule has 0 atom stereocenters. The maximum Gasteiger partial charge on any atom is 0.112 e. The molecular formula is C26H33BrNP. The highest BCUT2D eigenvalue weighted by molar-refractivity contribution is 7.95. The van der Waals surface area contributed by atoms with Crippen LogP contribution in [0.3, 0.4) is 0 Å². The van der Waals surface area contributed by atoms with Crippen LogP contribution < -0.4 is 32.9 Å². The van der Waals surface area contributed by atoms with Gasteiger partial charge in [0.2, 0.25) is 0 Å². The zero-order chi connectivity index (χ0) is 19.7. The molecule has 0 bridgehead atoms. The highest BCUT2D eigenvalue weighted by Gasteiger charge is 2.44. The predicted molar refractivity (Wildman–Crippen MR) is 127 cm³/mol. The molecule has 3 aromatic carbocycles. The minimum atomic E-state index is -1.65. The molecule has 0 unspecified atom stereocenters. The lowest BCUT2D eigenvalue weighted by molar-refractivity contribution is -0.00000569. The standard InChI is InChI=1S/C26H33NP.BrH/c1-3-27(4-2)22-14-15-23-28(24-16-8-5-9-17-24,25-18-10-6-11-19-25)26-20-12-7-13-21-26;/h5-13,16-21H,3-4,14-15,22-23H2,1-2H3;1H/q+1;/p-1. The van der Waals surface area contributed by atoms with Crippen molar-refractivity contribution in [1.82, 2.24) is 4.90 Å². The van der Waals surface area contributed by atoms with Crippen LogP contribution in [0.4, 0.5) is 0 Å². The Hall–Kier alpha value is -1.47. The first kappa shape index (κ1) is 23.8. The molecule has 0 fully saturated rings. The van der Waals surface area contributed by atoms with Crippen molar-refractivity contribution in [2.75, 3.05) is 25.8 Å². The van der Waals surface area contributed by atoms with Crippen molar-refractivity contribution in [3.8, 4) is 0 Å². The van der Waals surface area contributed by atoms with E-state index in [1.54, 1.807) is 0 Å². The first-order valence-electron chi connectivity index (χ1n) is 10.6. The van der Waals surface area contributed by atoms with Gasteiger partial charge >= 0.3 is 0 Å². The lowest BCUT2D eigenvalue weighted by Gasteiger charge is -2.28. The molecule has 154 valence electrons. The average Bonchev–Trinajstić information content (AvgIpc) is 2.78. The number of unbranched alkanes of at least 4 members (excludes halogenated alkanes) is 1. The Kier molecular flexibility index (Phi) is 10.1. The normalized spacial score (nSPS) is 11.3. The lowest BCUT2D eigenvalue weighted by Crippen LogP contribution is -3.00. The van der Waals surface area contributed by atoms with Crippen LogP contribution in [0.1, 0.15) is 26.7 Å². The van der Waals surface area contributed by atoms with Gasteiger partial charge in [-0.15, -0.1) is 0 Å². The van der Waals surface area contributed by atoms with Gasteiger partial charge in [0.05, 0.1) is 6.16 Å². The molecule has 1 nitrogen and oxygen atoms in total. The van der Waals surface area contributed by atoms with Gasteiger partial charge in [-0.3, -0.25) is 0 Å². The van der Waals surface area contributed by atoms with E-state index in [4.69, 9.17) is 0 Å². The minimum absolute atomic E-state index is 0. The lowest BCUT2D eigenvalue weighted by atomic mass is 10.3. The monoisotopic (exact) mass is 469 g/mol. The number of hydrogen-bond donors (Lipinski definition) is 0. The number of nitrogens with zero attached hydrogens (tertiary/aromatic N) is 1. The van der Waals surface area contributed by atoms with Crippen LogP contribution in [0.25, 0.3) is 0 Å². The summed E-state index contributed by atoms with van der Waals surface area (Å²) in [6, 6.07) is 33.7. The van der Waals surface area contributed by atoms with Crippen molar-refractivity contribution in [1.29, 1.82) is 0 Å². The number of hydrogen-bond acceptors (Lipinski definition) is 1. The van der Waals surface area contributed by atoms with Gasteiger partial charge in [0, 0.05) is 0 Å². The van der Waals surface area contributed by atoms with Crippen LogP contribution in [-0.2, 0) is 0 Å². The molecule has 0 N–H and O–H groups in total. The van der Waals surface area contributed by atoms with E-state index in [1.807, 2.05) is 0 Å². The van der Waals surface area contributed by atoms with Gasteiger partial charge in [-0.1, -0.05) is 68.4 Å². The highest BCUT2D eigenvalue weighted by Crippen LogP contribution is 2.55. The van der Waals surface area contributed by atoms with E-state index in [-0.39, 0.29) is 17.0 Å². The van der Waals surface area contributed by atoms with E-state index in [1.165, 1.54) is 41.5 Å². The second-order valence-corrected chi connectivity index (χ2v) is 10.9. The zero-order valence-electron chi connectivity index (χ0n) is 17.7. The molecule has 0 radical (unpaired) electrons. The van der Waals surface area contributed by atoms with E-state index in [0.29, 0.717) is 0 Å². The molecular weight excluding hydrogens is 437 g/mol. The Bertz CT molecular complexity index is 707. The second kappa shape index (κ2) is 12.3. The molecule has 0 heterocycles. The summed E-state index contributed by atoms with van der Waals surface area (Å²) in [5.74, 6) is 0. The van der Waals surface area contributed by atoms with Crippen LogP contribution in [0.15, 0.2) is 91.0 Å². The molecule has 0 aliphatic heterocycles. The second-order valence-electron chi connectivity index (χ2n) is 7.27. The maximum absolute atomic E-state index is 2.54. The van der Waals surface area contributed by atoms with Gasteiger partial charge < -0.3 is 21.9 Å².